The van der Waals surface area contributed by atoms with Gasteiger partial charge in [-0.05, 0) is 23.9 Å². The highest BCUT2D eigenvalue weighted by atomic mass is 35.5. The van der Waals surface area contributed by atoms with Gasteiger partial charge in [0.15, 0.2) is 5.82 Å². The van der Waals surface area contributed by atoms with Crippen LogP contribution < -0.4 is 0 Å². The fourth-order valence-electron chi connectivity index (χ4n) is 2.47. The zero-order valence-electron chi connectivity index (χ0n) is 13.4. The van der Waals surface area contributed by atoms with Gasteiger partial charge >= 0.3 is 5.97 Å². The molecule has 1 atom stereocenters. The standard InChI is InChI=1S/C15H18Cl2FN3O2/c1-5-23-10(22)6-9(15(2,3)4)21-7-8(18)11-12(16)19-14(17)20-13(11)21/h7,9H,5-6H2,1-4H3. The summed E-state index contributed by atoms with van der Waals surface area (Å²) in [4.78, 5) is 19.8. The molecular formula is C15H18Cl2FN3O2. The summed E-state index contributed by atoms with van der Waals surface area (Å²) >= 11 is 11.8. The molecule has 8 heteroatoms. The smallest absolute Gasteiger partial charge is 0.307 e. The largest absolute Gasteiger partial charge is 0.466 e. The number of hydrogen-bond acceptors (Lipinski definition) is 4. The van der Waals surface area contributed by atoms with E-state index >= 15 is 0 Å². The Balaban J connectivity index is 2.59. The molecule has 2 aromatic rings. The van der Waals surface area contributed by atoms with Crippen molar-refractivity contribution in [3.8, 4) is 0 Å². The summed E-state index contributed by atoms with van der Waals surface area (Å²) in [6.45, 7) is 7.87. The zero-order chi connectivity index (χ0) is 17.4. The minimum Gasteiger partial charge on any atom is -0.466 e. The Morgan fingerprint density at radius 3 is 2.61 bits per heavy atom. The average Bonchev–Trinajstić information content (AvgIpc) is 2.72. The summed E-state index contributed by atoms with van der Waals surface area (Å²) in [7, 11) is 0. The molecule has 0 saturated carbocycles. The Morgan fingerprint density at radius 1 is 1.39 bits per heavy atom. The molecule has 2 aromatic heterocycles. The fraction of sp³-hybridized carbons (Fsp3) is 0.533. The molecule has 0 aliphatic rings. The summed E-state index contributed by atoms with van der Waals surface area (Å²) in [5.74, 6) is -0.916. The third kappa shape index (κ3) is 3.75. The number of ether oxygens (including phenoxy) is 1. The van der Waals surface area contributed by atoms with Gasteiger partial charge < -0.3 is 9.30 Å². The highest BCUT2D eigenvalue weighted by molar-refractivity contribution is 6.35. The Labute approximate surface area is 143 Å². The maximum atomic E-state index is 14.3. The lowest BCUT2D eigenvalue weighted by atomic mass is 9.84. The van der Waals surface area contributed by atoms with E-state index in [2.05, 4.69) is 9.97 Å². The van der Waals surface area contributed by atoms with Crippen LogP contribution in [0.15, 0.2) is 6.20 Å². The van der Waals surface area contributed by atoms with Gasteiger partial charge in [0.25, 0.3) is 0 Å². The van der Waals surface area contributed by atoms with Crippen molar-refractivity contribution < 1.29 is 13.9 Å². The lowest BCUT2D eigenvalue weighted by Crippen LogP contribution is -2.27. The molecule has 0 saturated heterocycles. The number of nitrogens with zero attached hydrogens (tertiary/aromatic N) is 3. The number of carbonyl (C=O) groups is 1. The van der Waals surface area contributed by atoms with Crippen LogP contribution in [0.1, 0.15) is 40.2 Å². The number of aromatic nitrogens is 3. The quantitative estimate of drug-likeness (QED) is 0.459. The number of halogens is 3. The van der Waals surface area contributed by atoms with Gasteiger partial charge in [0.05, 0.1) is 24.5 Å². The lowest BCUT2D eigenvalue weighted by molar-refractivity contribution is -0.144. The number of hydrogen-bond donors (Lipinski definition) is 0. The second-order valence-corrected chi connectivity index (χ2v) is 6.95. The van der Waals surface area contributed by atoms with Gasteiger partial charge in [0.1, 0.15) is 10.8 Å². The lowest BCUT2D eigenvalue weighted by Gasteiger charge is -2.31. The van der Waals surface area contributed by atoms with Crippen LogP contribution >= 0.6 is 23.2 Å². The van der Waals surface area contributed by atoms with Crippen LogP contribution in [0.25, 0.3) is 11.0 Å². The first-order chi connectivity index (χ1) is 10.6. The van der Waals surface area contributed by atoms with Gasteiger partial charge in [-0.15, -0.1) is 0 Å². The van der Waals surface area contributed by atoms with Gasteiger partial charge in [-0.25, -0.2) is 9.37 Å². The SMILES string of the molecule is CCOC(=O)CC(n1cc(F)c2c(Cl)nc(Cl)nc21)C(C)(C)C. The molecule has 5 nitrogen and oxygen atoms in total. The Kier molecular flexibility index (Phi) is 5.16. The molecule has 0 fully saturated rings. The minimum atomic E-state index is -0.556. The first kappa shape index (κ1) is 17.9. The predicted octanol–water partition coefficient (Wildman–Crippen LogP) is 4.42. The van der Waals surface area contributed by atoms with Crippen molar-refractivity contribution in [2.24, 2.45) is 5.41 Å². The van der Waals surface area contributed by atoms with Crippen LogP contribution in [0.3, 0.4) is 0 Å². The molecule has 126 valence electrons. The number of fused-ring (bicyclic) bond motifs is 1. The predicted molar refractivity (Wildman–Crippen MR) is 87.2 cm³/mol. The van der Waals surface area contributed by atoms with Crippen LogP contribution in [0, 0.1) is 11.2 Å². The second-order valence-electron chi connectivity index (χ2n) is 6.26. The van der Waals surface area contributed by atoms with Gasteiger partial charge in [-0.3, -0.25) is 4.79 Å². The first-order valence-electron chi connectivity index (χ1n) is 7.19. The van der Waals surface area contributed by atoms with Crippen molar-refractivity contribution in [2.75, 3.05) is 6.61 Å². The highest BCUT2D eigenvalue weighted by Crippen LogP contribution is 2.38. The van der Waals surface area contributed by atoms with Gasteiger partial charge in [0, 0.05) is 6.20 Å². The van der Waals surface area contributed by atoms with Crippen LogP contribution in [0.2, 0.25) is 10.4 Å². The third-order valence-corrected chi connectivity index (χ3v) is 4.00. The van der Waals surface area contributed by atoms with Crippen LogP contribution in [0.5, 0.6) is 0 Å². The summed E-state index contributed by atoms with van der Waals surface area (Å²) in [5.41, 5.74) is -0.0913. The second kappa shape index (κ2) is 6.61. The summed E-state index contributed by atoms with van der Waals surface area (Å²) in [6, 6.07) is -0.379. The molecule has 23 heavy (non-hydrogen) atoms. The van der Waals surface area contributed by atoms with E-state index in [1.165, 1.54) is 6.20 Å². The van der Waals surface area contributed by atoms with Gasteiger partial charge in [0.2, 0.25) is 5.28 Å². The van der Waals surface area contributed by atoms with Crippen molar-refractivity contribution in [3.63, 3.8) is 0 Å². The van der Waals surface area contributed by atoms with Crippen molar-refractivity contribution >= 4 is 40.2 Å². The topological polar surface area (TPSA) is 57.0 Å². The van der Waals surface area contributed by atoms with E-state index in [0.717, 1.165) is 0 Å². The van der Waals surface area contributed by atoms with E-state index in [4.69, 9.17) is 27.9 Å². The van der Waals surface area contributed by atoms with E-state index in [9.17, 15) is 9.18 Å². The van der Waals surface area contributed by atoms with Crippen molar-refractivity contribution in [1.29, 1.82) is 0 Å². The van der Waals surface area contributed by atoms with E-state index in [-0.39, 0.29) is 51.9 Å². The molecule has 2 heterocycles. The summed E-state index contributed by atoms with van der Waals surface area (Å²) in [6.07, 6.45) is 1.36. The Bertz CT molecular complexity index is 740. The summed E-state index contributed by atoms with van der Waals surface area (Å²) < 4.78 is 20.9. The van der Waals surface area contributed by atoms with Crippen molar-refractivity contribution in [2.45, 2.75) is 40.2 Å². The van der Waals surface area contributed by atoms with E-state index < -0.39 is 5.82 Å². The van der Waals surface area contributed by atoms with Crippen LogP contribution in [-0.2, 0) is 9.53 Å². The molecule has 0 radical (unpaired) electrons. The molecule has 2 rings (SSSR count). The molecule has 0 N–H and O–H groups in total. The maximum absolute atomic E-state index is 14.3. The van der Waals surface area contributed by atoms with Crippen LogP contribution in [-0.4, -0.2) is 27.1 Å². The van der Waals surface area contributed by atoms with Crippen LogP contribution in [0.4, 0.5) is 4.39 Å². The molecule has 0 aliphatic heterocycles. The minimum absolute atomic E-state index is 0.0555. The molecule has 0 bridgehead atoms. The monoisotopic (exact) mass is 361 g/mol. The van der Waals surface area contributed by atoms with Gasteiger partial charge in [-0.1, -0.05) is 32.4 Å². The fourth-order valence-corrected chi connectivity index (χ4v) is 2.94. The first-order valence-corrected chi connectivity index (χ1v) is 7.95. The number of esters is 1. The highest BCUT2D eigenvalue weighted by Gasteiger charge is 2.32. The molecule has 0 aromatic carbocycles. The average molecular weight is 362 g/mol. The van der Waals surface area contributed by atoms with E-state index in [1.54, 1.807) is 11.5 Å². The molecule has 0 spiro atoms. The third-order valence-electron chi connectivity index (χ3n) is 3.56. The summed E-state index contributed by atoms with van der Waals surface area (Å²) in [5, 5.41) is -0.0418. The zero-order valence-corrected chi connectivity index (χ0v) is 14.9. The van der Waals surface area contributed by atoms with Crippen molar-refractivity contribution in [3.05, 3.63) is 22.5 Å². The van der Waals surface area contributed by atoms with Gasteiger partial charge in [-0.2, -0.15) is 4.98 Å². The van der Waals surface area contributed by atoms with E-state index in [0.29, 0.717) is 0 Å². The Hall–Kier alpha value is -1.40. The molecular weight excluding hydrogens is 344 g/mol. The van der Waals surface area contributed by atoms with E-state index in [1.807, 2.05) is 20.8 Å². The number of rotatable bonds is 4. The number of carbonyl (C=O) groups excluding carboxylic acids is 1. The molecule has 0 aliphatic carbocycles. The molecule has 1 unspecified atom stereocenters. The Morgan fingerprint density at radius 2 is 2.04 bits per heavy atom. The molecule has 0 amide bonds. The normalized spacial score (nSPS) is 13.3. The van der Waals surface area contributed by atoms with Crippen molar-refractivity contribution in [1.82, 2.24) is 14.5 Å². The maximum Gasteiger partial charge on any atom is 0.307 e.